The van der Waals surface area contributed by atoms with E-state index in [9.17, 15) is 9.59 Å². The molecule has 0 aliphatic carbocycles. The predicted molar refractivity (Wildman–Crippen MR) is 115 cm³/mol. The first-order valence-corrected chi connectivity index (χ1v) is 10.8. The molecule has 0 saturated heterocycles. The number of carbonyl (C=O) groups excluding carboxylic acids is 2. The zero-order valence-electron chi connectivity index (χ0n) is 18.1. The first kappa shape index (κ1) is 23.4. The molecule has 1 aromatic carbocycles. The summed E-state index contributed by atoms with van der Waals surface area (Å²) in [7, 11) is 0. The molecule has 1 rings (SSSR count). The maximum Gasteiger partial charge on any atom is 0.231 e. The van der Waals surface area contributed by atoms with Crippen molar-refractivity contribution in [3.05, 3.63) is 29.3 Å². The molecule has 0 heterocycles. The Labute approximate surface area is 166 Å². The van der Waals surface area contributed by atoms with Crippen molar-refractivity contribution in [2.75, 3.05) is 5.32 Å². The van der Waals surface area contributed by atoms with E-state index in [4.69, 9.17) is 0 Å². The normalized spacial score (nSPS) is 11.2. The van der Waals surface area contributed by atoms with E-state index < -0.39 is 0 Å². The molecule has 0 saturated carbocycles. The molecular weight excluding hydrogens is 334 g/mol. The van der Waals surface area contributed by atoms with Crippen LogP contribution in [0.25, 0.3) is 0 Å². The Morgan fingerprint density at radius 3 is 1.89 bits per heavy atom. The lowest BCUT2D eigenvalue weighted by atomic mass is 9.92. The molecule has 3 nitrogen and oxygen atoms in total. The first-order chi connectivity index (χ1) is 12.9. The van der Waals surface area contributed by atoms with Gasteiger partial charge in [-0.15, -0.1) is 0 Å². The van der Waals surface area contributed by atoms with Crippen molar-refractivity contribution in [1.29, 1.82) is 0 Å². The summed E-state index contributed by atoms with van der Waals surface area (Å²) in [6, 6.07) is 6.17. The minimum Gasteiger partial charge on any atom is -0.325 e. The van der Waals surface area contributed by atoms with Gasteiger partial charge in [0.1, 0.15) is 5.78 Å². The van der Waals surface area contributed by atoms with Gasteiger partial charge in [0, 0.05) is 12.1 Å². The smallest absolute Gasteiger partial charge is 0.231 e. The second kappa shape index (κ2) is 12.7. The number of hydrogen-bond donors (Lipinski definition) is 1. The summed E-state index contributed by atoms with van der Waals surface area (Å²) >= 11 is 0. The number of ketones is 1. The molecule has 0 atom stereocenters. The van der Waals surface area contributed by atoms with Crippen molar-refractivity contribution in [3.63, 3.8) is 0 Å². The van der Waals surface area contributed by atoms with E-state index in [1.54, 1.807) is 0 Å². The van der Waals surface area contributed by atoms with Crippen LogP contribution in [0.1, 0.15) is 115 Å². The zero-order chi connectivity index (χ0) is 20.2. The van der Waals surface area contributed by atoms with Crippen LogP contribution in [0.2, 0.25) is 0 Å². The van der Waals surface area contributed by atoms with E-state index in [1.165, 1.54) is 32.1 Å². The molecule has 1 amide bonds. The van der Waals surface area contributed by atoms with Crippen molar-refractivity contribution in [2.45, 2.75) is 104 Å². The van der Waals surface area contributed by atoms with E-state index in [-0.39, 0.29) is 18.1 Å². The molecule has 0 aliphatic rings. The number of amides is 1. The second-order valence-corrected chi connectivity index (χ2v) is 8.26. The lowest BCUT2D eigenvalue weighted by Gasteiger charge is -2.20. The Morgan fingerprint density at radius 2 is 1.37 bits per heavy atom. The lowest BCUT2D eigenvalue weighted by Crippen LogP contribution is -2.19. The third kappa shape index (κ3) is 8.73. The average Bonchev–Trinajstić information content (AvgIpc) is 2.60. The maximum atomic E-state index is 12.4. The SMILES string of the molecule is CCCCCCCCCC(=O)CC(=O)Nc1c(C(C)C)cccc1C(C)C. The molecule has 1 aromatic rings. The molecule has 1 N–H and O–H groups in total. The van der Waals surface area contributed by atoms with Gasteiger partial charge >= 0.3 is 0 Å². The Balaban J connectivity index is 2.51. The Hall–Kier alpha value is -1.64. The summed E-state index contributed by atoms with van der Waals surface area (Å²) in [5.74, 6) is 0.511. The highest BCUT2D eigenvalue weighted by Gasteiger charge is 2.17. The summed E-state index contributed by atoms with van der Waals surface area (Å²) in [5, 5.41) is 3.04. The van der Waals surface area contributed by atoms with E-state index >= 15 is 0 Å². The number of benzene rings is 1. The van der Waals surface area contributed by atoms with Crippen LogP contribution in [0, 0.1) is 0 Å². The van der Waals surface area contributed by atoms with E-state index in [0.717, 1.165) is 29.7 Å². The summed E-state index contributed by atoms with van der Waals surface area (Å²) in [4.78, 5) is 24.6. The summed E-state index contributed by atoms with van der Waals surface area (Å²) in [6.45, 7) is 10.7. The van der Waals surface area contributed by atoms with E-state index in [0.29, 0.717) is 18.3 Å². The Bertz CT molecular complexity index is 564. The van der Waals surface area contributed by atoms with Crippen LogP contribution < -0.4 is 5.32 Å². The van der Waals surface area contributed by atoms with Crippen molar-refractivity contribution in [1.82, 2.24) is 0 Å². The number of carbonyl (C=O) groups is 2. The maximum absolute atomic E-state index is 12.4. The number of para-hydroxylation sites is 1. The molecule has 3 heteroatoms. The zero-order valence-corrected chi connectivity index (χ0v) is 18.1. The predicted octanol–water partition coefficient (Wildman–Crippen LogP) is 6.97. The minimum absolute atomic E-state index is 0.0141. The van der Waals surface area contributed by atoms with E-state index in [1.807, 2.05) is 6.07 Å². The standard InChI is InChI=1S/C24H39NO2/c1-6-7-8-9-10-11-12-14-20(26)17-23(27)25-24-21(18(2)3)15-13-16-22(24)19(4)5/h13,15-16,18-19H,6-12,14,17H2,1-5H3,(H,25,27). The number of rotatable bonds is 13. The molecule has 152 valence electrons. The molecular formula is C24H39NO2. The minimum atomic E-state index is -0.182. The van der Waals surface area contributed by atoms with Crippen molar-refractivity contribution in [2.24, 2.45) is 0 Å². The van der Waals surface area contributed by atoms with Gasteiger partial charge in [-0.1, -0.05) is 91.3 Å². The quantitative estimate of drug-likeness (QED) is 0.300. The monoisotopic (exact) mass is 373 g/mol. The van der Waals surface area contributed by atoms with Gasteiger partial charge in [-0.25, -0.2) is 0 Å². The third-order valence-electron chi connectivity index (χ3n) is 5.05. The number of unbranched alkanes of at least 4 members (excludes halogenated alkanes) is 6. The summed E-state index contributed by atoms with van der Waals surface area (Å²) in [5.41, 5.74) is 3.17. The fourth-order valence-electron chi connectivity index (χ4n) is 3.43. The Morgan fingerprint density at radius 1 is 0.852 bits per heavy atom. The van der Waals surface area contributed by atoms with Gasteiger partial charge in [-0.05, 0) is 29.4 Å². The number of Topliss-reactive ketones (excluding diaryl/α,β-unsaturated/α-hetero) is 1. The van der Waals surface area contributed by atoms with Crippen molar-refractivity contribution >= 4 is 17.4 Å². The van der Waals surface area contributed by atoms with Gasteiger partial charge in [0.05, 0.1) is 6.42 Å². The van der Waals surface area contributed by atoms with Crippen LogP contribution in [-0.2, 0) is 9.59 Å². The van der Waals surface area contributed by atoms with Crippen LogP contribution in [0.3, 0.4) is 0 Å². The number of hydrogen-bond acceptors (Lipinski definition) is 2. The highest BCUT2D eigenvalue weighted by molar-refractivity contribution is 6.05. The first-order valence-electron chi connectivity index (χ1n) is 10.8. The number of nitrogens with one attached hydrogen (secondary N) is 1. The molecule has 0 radical (unpaired) electrons. The van der Waals surface area contributed by atoms with Crippen LogP contribution in [0.4, 0.5) is 5.69 Å². The molecule has 0 fully saturated rings. The van der Waals surface area contributed by atoms with Gasteiger partial charge in [0.25, 0.3) is 0 Å². The second-order valence-electron chi connectivity index (χ2n) is 8.26. The molecule has 0 unspecified atom stereocenters. The van der Waals surface area contributed by atoms with Gasteiger partial charge in [0.15, 0.2) is 0 Å². The molecule has 0 spiro atoms. The highest BCUT2D eigenvalue weighted by atomic mass is 16.2. The highest BCUT2D eigenvalue weighted by Crippen LogP contribution is 2.32. The van der Waals surface area contributed by atoms with Crippen LogP contribution >= 0.6 is 0 Å². The van der Waals surface area contributed by atoms with Gasteiger partial charge in [-0.3, -0.25) is 9.59 Å². The van der Waals surface area contributed by atoms with Crippen molar-refractivity contribution < 1.29 is 9.59 Å². The number of anilines is 1. The fourth-order valence-corrected chi connectivity index (χ4v) is 3.43. The molecule has 0 bridgehead atoms. The van der Waals surface area contributed by atoms with Crippen LogP contribution in [0.15, 0.2) is 18.2 Å². The van der Waals surface area contributed by atoms with Gasteiger partial charge in [-0.2, -0.15) is 0 Å². The van der Waals surface area contributed by atoms with Crippen LogP contribution in [-0.4, -0.2) is 11.7 Å². The van der Waals surface area contributed by atoms with Gasteiger partial charge in [0.2, 0.25) is 5.91 Å². The summed E-state index contributed by atoms with van der Waals surface area (Å²) < 4.78 is 0. The molecule has 0 aromatic heterocycles. The van der Waals surface area contributed by atoms with Crippen LogP contribution in [0.5, 0.6) is 0 Å². The van der Waals surface area contributed by atoms with Gasteiger partial charge < -0.3 is 5.32 Å². The fraction of sp³-hybridized carbons (Fsp3) is 0.667. The average molecular weight is 374 g/mol. The Kier molecular flexibility index (Phi) is 11.0. The summed E-state index contributed by atoms with van der Waals surface area (Å²) in [6.07, 6.45) is 8.79. The molecule has 27 heavy (non-hydrogen) atoms. The topological polar surface area (TPSA) is 46.2 Å². The third-order valence-corrected chi connectivity index (χ3v) is 5.05. The molecule has 0 aliphatic heterocycles. The van der Waals surface area contributed by atoms with E-state index in [2.05, 4.69) is 52.1 Å². The van der Waals surface area contributed by atoms with Crippen molar-refractivity contribution in [3.8, 4) is 0 Å². The lowest BCUT2D eigenvalue weighted by molar-refractivity contribution is -0.125. The largest absolute Gasteiger partial charge is 0.325 e.